The summed E-state index contributed by atoms with van der Waals surface area (Å²) in [5.74, 6) is 1.15. The second kappa shape index (κ2) is 10.2. The van der Waals surface area contributed by atoms with E-state index >= 15 is 0 Å². The molecule has 2 aromatic heterocycles. The summed E-state index contributed by atoms with van der Waals surface area (Å²) >= 11 is 0. The van der Waals surface area contributed by atoms with Crippen molar-refractivity contribution in [3.63, 3.8) is 0 Å². The lowest BCUT2D eigenvalue weighted by atomic mass is 9.91. The largest absolute Gasteiger partial charge is 0.457 e. The molecule has 1 aliphatic rings. The second-order valence-electron chi connectivity index (χ2n) is 8.95. The number of nitrogens with one attached hydrogen (secondary N) is 3. The second-order valence-corrected chi connectivity index (χ2v) is 8.95. The summed E-state index contributed by atoms with van der Waals surface area (Å²) in [6.45, 7) is 1.54. The van der Waals surface area contributed by atoms with Crippen LogP contribution in [0, 0.1) is 5.82 Å². The maximum absolute atomic E-state index is 13.4. The number of nitrogens with zero attached hydrogens (tertiary/aromatic N) is 2. The van der Waals surface area contributed by atoms with Crippen molar-refractivity contribution >= 4 is 28.5 Å². The molecule has 1 fully saturated rings. The summed E-state index contributed by atoms with van der Waals surface area (Å²) in [5.41, 5.74) is 1.55. The normalized spacial score (nSPS) is 17.5. The summed E-state index contributed by atoms with van der Waals surface area (Å²) in [4.78, 5) is 36.5. The first kappa shape index (κ1) is 23.5. The molecule has 0 saturated heterocycles. The quantitative estimate of drug-likeness (QED) is 0.317. The van der Waals surface area contributed by atoms with Crippen molar-refractivity contribution in [2.24, 2.45) is 0 Å². The highest BCUT2D eigenvalue weighted by molar-refractivity contribution is 6.18. The Morgan fingerprint density at radius 3 is 2.25 bits per heavy atom. The van der Waals surface area contributed by atoms with Gasteiger partial charge in [0.1, 0.15) is 35.1 Å². The number of aromatic nitrogens is 3. The Bertz CT molecular complexity index is 1380. The van der Waals surface area contributed by atoms with Crippen LogP contribution in [0.3, 0.4) is 0 Å². The number of carbonyl (C=O) groups excluding carboxylic acids is 2. The monoisotopic (exact) mass is 487 g/mol. The van der Waals surface area contributed by atoms with E-state index in [0.717, 1.165) is 25.7 Å². The number of anilines is 1. The first-order valence-corrected chi connectivity index (χ1v) is 11.9. The highest BCUT2D eigenvalue weighted by Gasteiger charge is 2.24. The number of halogens is 1. The summed E-state index contributed by atoms with van der Waals surface area (Å²) in [7, 11) is 0. The lowest BCUT2D eigenvalue weighted by Gasteiger charge is -2.29. The molecule has 2 aromatic carbocycles. The van der Waals surface area contributed by atoms with Crippen molar-refractivity contribution in [2.45, 2.75) is 44.7 Å². The van der Waals surface area contributed by atoms with Gasteiger partial charge >= 0.3 is 0 Å². The minimum Gasteiger partial charge on any atom is -0.457 e. The topological polar surface area (TPSA) is 109 Å². The third kappa shape index (κ3) is 5.19. The minimum absolute atomic E-state index is 0.00514. The lowest BCUT2D eigenvalue weighted by Crippen LogP contribution is -2.39. The van der Waals surface area contributed by atoms with Crippen LogP contribution < -0.4 is 15.4 Å². The number of aromatic amines is 1. The maximum atomic E-state index is 13.4. The molecule has 5 rings (SSSR count). The summed E-state index contributed by atoms with van der Waals surface area (Å²) in [6.07, 6.45) is 6.68. The number of hydrogen-bond donors (Lipinski definition) is 3. The number of ether oxygens (including phenoxy) is 1. The number of benzene rings is 2. The molecular weight excluding hydrogens is 461 g/mol. The van der Waals surface area contributed by atoms with Crippen LogP contribution in [-0.4, -0.2) is 38.7 Å². The fourth-order valence-electron chi connectivity index (χ4n) is 4.58. The van der Waals surface area contributed by atoms with Gasteiger partial charge in [-0.1, -0.05) is 0 Å². The van der Waals surface area contributed by atoms with Crippen LogP contribution in [-0.2, 0) is 4.79 Å². The number of fused-ring (bicyclic) bond motifs is 1. The van der Waals surface area contributed by atoms with E-state index in [2.05, 4.69) is 25.6 Å². The van der Waals surface area contributed by atoms with E-state index in [1.165, 1.54) is 18.5 Å². The lowest BCUT2D eigenvalue weighted by molar-refractivity contribution is -0.119. The summed E-state index contributed by atoms with van der Waals surface area (Å²) in [6, 6.07) is 12.9. The molecule has 0 unspecified atom stereocenters. The van der Waals surface area contributed by atoms with Crippen LogP contribution in [0.15, 0.2) is 61.1 Å². The molecule has 9 heteroatoms. The summed E-state index contributed by atoms with van der Waals surface area (Å²) in [5, 5.41) is 7.13. The molecular formula is C27H26FN5O3. The molecule has 36 heavy (non-hydrogen) atoms. The van der Waals surface area contributed by atoms with Crippen molar-refractivity contribution in [3.8, 4) is 11.5 Å². The van der Waals surface area contributed by atoms with Crippen molar-refractivity contribution < 1.29 is 18.7 Å². The molecule has 2 heterocycles. The van der Waals surface area contributed by atoms with E-state index in [0.29, 0.717) is 39.5 Å². The van der Waals surface area contributed by atoms with E-state index in [9.17, 15) is 14.0 Å². The Morgan fingerprint density at radius 2 is 1.58 bits per heavy atom. The number of rotatable bonds is 7. The standard InChI is InChI=1S/C27H26FN5O3/c1-16(34)32-19-6-8-20(9-7-19)33-27-24-23(14-29-26(24)30-15-31-27)25(35)17-2-10-21(11-3-17)36-22-12-4-18(28)5-13-22/h2-5,10-15,19-20H,6-9H2,1H3,(H,32,34)(H2,29,30,31,33)/t19-,20+. The van der Waals surface area contributed by atoms with Gasteiger partial charge in [0.25, 0.3) is 0 Å². The molecule has 4 aromatic rings. The van der Waals surface area contributed by atoms with Gasteiger partial charge in [0, 0.05) is 30.8 Å². The van der Waals surface area contributed by atoms with Gasteiger partial charge in [0.15, 0.2) is 5.78 Å². The van der Waals surface area contributed by atoms with Crippen LogP contribution in [0.1, 0.15) is 48.5 Å². The maximum Gasteiger partial charge on any atom is 0.217 e. The Balaban J connectivity index is 1.32. The molecule has 3 N–H and O–H groups in total. The average molecular weight is 488 g/mol. The third-order valence-electron chi connectivity index (χ3n) is 6.36. The molecule has 0 spiro atoms. The van der Waals surface area contributed by atoms with Gasteiger partial charge < -0.3 is 20.4 Å². The molecule has 0 aliphatic heterocycles. The van der Waals surface area contributed by atoms with Gasteiger partial charge in [-0.3, -0.25) is 9.59 Å². The van der Waals surface area contributed by atoms with E-state index in [1.54, 1.807) is 49.5 Å². The molecule has 1 amide bonds. The number of ketones is 1. The zero-order valence-corrected chi connectivity index (χ0v) is 19.8. The van der Waals surface area contributed by atoms with Crippen LogP contribution in [0.2, 0.25) is 0 Å². The van der Waals surface area contributed by atoms with Crippen LogP contribution >= 0.6 is 0 Å². The van der Waals surface area contributed by atoms with Crippen molar-refractivity contribution in [1.82, 2.24) is 20.3 Å². The number of amides is 1. The Morgan fingerprint density at radius 1 is 0.944 bits per heavy atom. The average Bonchev–Trinajstić information content (AvgIpc) is 3.32. The zero-order chi connectivity index (χ0) is 25.1. The number of carbonyl (C=O) groups is 2. The number of H-pyrrole nitrogens is 1. The first-order chi connectivity index (χ1) is 17.5. The van der Waals surface area contributed by atoms with Gasteiger partial charge in [-0.2, -0.15) is 0 Å². The van der Waals surface area contributed by atoms with Crippen LogP contribution in [0.25, 0.3) is 11.0 Å². The van der Waals surface area contributed by atoms with Gasteiger partial charge in [0.2, 0.25) is 5.91 Å². The van der Waals surface area contributed by atoms with Gasteiger partial charge in [-0.25, -0.2) is 14.4 Å². The van der Waals surface area contributed by atoms with Crippen molar-refractivity contribution in [3.05, 3.63) is 78.0 Å². The van der Waals surface area contributed by atoms with E-state index in [-0.39, 0.29) is 29.6 Å². The van der Waals surface area contributed by atoms with E-state index < -0.39 is 0 Å². The summed E-state index contributed by atoms with van der Waals surface area (Å²) < 4.78 is 18.8. The highest BCUT2D eigenvalue weighted by Crippen LogP contribution is 2.29. The zero-order valence-electron chi connectivity index (χ0n) is 19.8. The molecule has 0 radical (unpaired) electrons. The highest BCUT2D eigenvalue weighted by atomic mass is 19.1. The van der Waals surface area contributed by atoms with E-state index in [4.69, 9.17) is 4.74 Å². The Labute approximate surface area is 207 Å². The Kier molecular flexibility index (Phi) is 6.62. The van der Waals surface area contributed by atoms with E-state index in [1.807, 2.05) is 0 Å². The van der Waals surface area contributed by atoms with Crippen molar-refractivity contribution in [1.29, 1.82) is 0 Å². The fourth-order valence-corrected chi connectivity index (χ4v) is 4.58. The minimum atomic E-state index is -0.336. The molecule has 1 saturated carbocycles. The van der Waals surface area contributed by atoms with Gasteiger partial charge in [-0.05, 0) is 74.2 Å². The molecule has 1 aliphatic carbocycles. The molecule has 8 nitrogen and oxygen atoms in total. The van der Waals surface area contributed by atoms with Gasteiger partial charge in [-0.15, -0.1) is 0 Å². The molecule has 0 atom stereocenters. The number of hydrogen-bond acceptors (Lipinski definition) is 6. The first-order valence-electron chi connectivity index (χ1n) is 11.9. The predicted molar refractivity (Wildman–Crippen MR) is 134 cm³/mol. The van der Waals surface area contributed by atoms with Crippen LogP contribution in [0.5, 0.6) is 11.5 Å². The fraction of sp³-hybridized carbons (Fsp3) is 0.259. The smallest absolute Gasteiger partial charge is 0.217 e. The predicted octanol–water partition coefficient (Wildman–Crippen LogP) is 4.98. The van der Waals surface area contributed by atoms with Gasteiger partial charge in [0.05, 0.1) is 10.9 Å². The SMILES string of the molecule is CC(=O)N[C@H]1CC[C@@H](Nc2ncnc3[nH]cc(C(=O)c4ccc(Oc5ccc(F)cc5)cc4)c23)CC1. The third-order valence-corrected chi connectivity index (χ3v) is 6.36. The molecule has 0 bridgehead atoms. The molecule has 184 valence electrons. The van der Waals surface area contributed by atoms with Crippen LogP contribution in [0.4, 0.5) is 10.2 Å². The van der Waals surface area contributed by atoms with Crippen molar-refractivity contribution in [2.75, 3.05) is 5.32 Å². The Hall–Kier alpha value is -4.27.